The monoisotopic (exact) mass is 388 g/mol. The quantitative estimate of drug-likeness (QED) is 0.747. The van der Waals surface area contributed by atoms with Gasteiger partial charge in [0.05, 0.1) is 43.5 Å². The Labute approximate surface area is 148 Å². The van der Waals surface area contributed by atoms with Gasteiger partial charge in [0.2, 0.25) is 0 Å². The molecule has 0 spiro atoms. The van der Waals surface area contributed by atoms with Crippen LogP contribution in [0.4, 0.5) is 4.39 Å². The summed E-state index contributed by atoms with van der Waals surface area (Å²) >= 11 is 0. The molecular formula is C15H17FN2O7S. The first kappa shape index (κ1) is 18.5. The number of methoxy groups -OCH3 is 1. The van der Waals surface area contributed by atoms with Crippen LogP contribution in [0.5, 0.6) is 5.75 Å². The minimum absolute atomic E-state index is 0.247. The molecule has 26 heavy (non-hydrogen) atoms. The van der Waals surface area contributed by atoms with Crippen molar-refractivity contribution in [2.24, 2.45) is 0 Å². The van der Waals surface area contributed by atoms with Crippen LogP contribution < -0.4 is 9.46 Å². The van der Waals surface area contributed by atoms with E-state index in [2.05, 4.69) is 0 Å². The van der Waals surface area contributed by atoms with Gasteiger partial charge in [-0.2, -0.15) is 12.7 Å². The average Bonchev–Trinajstić information content (AvgIpc) is 2.85. The van der Waals surface area contributed by atoms with Gasteiger partial charge in [0.25, 0.3) is 5.91 Å². The summed E-state index contributed by atoms with van der Waals surface area (Å²) in [4.78, 5) is 23.4. The number of carbonyl (C=O) groups is 2. The van der Waals surface area contributed by atoms with E-state index < -0.39 is 44.8 Å². The van der Waals surface area contributed by atoms with E-state index >= 15 is 0 Å². The molecule has 2 saturated heterocycles. The number of benzene rings is 1. The predicted octanol–water partition coefficient (Wildman–Crippen LogP) is 0.370. The van der Waals surface area contributed by atoms with Crippen LogP contribution in [0.25, 0.3) is 0 Å². The minimum atomic E-state index is -4.17. The summed E-state index contributed by atoms with van der Waals surface area (Å²) in [6.45, 7) is 0.494. The second kappa shape index (κ2) is 6.82. The van der Waals surface area contributed by atoms with Gasteiger partial charge in [-0.05, 0) is 25.0 Å². The molecular weight excluding hydrogens is 371 g/mol. The Hall–Kier alpha value is -2.24. The van der Waals surface area contributed by atoms with Crippen LogP contribution in [0.15, 0.2) is 12.1 Å². The molecule has 2 N–H and O–H groups in total. The number of morpholine rings is 1. The summed E-state index contributed by atoms with van der Waals surface area (Å²) in [6.07, 6.45) is 1.26. The van der Waals surface area contributed by atoms with E-state index in [0.717, 1.165) is 19.2 Å². The number of rotatable bonds is 5. The molecule has 2 aliphatic heterocycles. The fourth-order valence-corrected chi connectivity index (χ4v) is 4.88. The van der Waals surface area contributed by atoms with Gasteiger partial charge in [0, 0.05) is 0 Å². The Kier molecular flexibility index (Phi) is 4.86. The molecule has 1 aromatic rings. The number of nitrogens with one attached hydrogen (secondary N) is 1. The summed E-state index contributed by atoms with van der Waals surface area (Å²) in [7, 11) is -3.12. The van der Waals surface area contributed by atoms with Gasteiger partial charge >= 0.3 is 16.2 Å². The van der Waals surface area contributed by atoms with Crippen LogP contribution >= 0.6 is 0 Å². The third-order valence-corrected chi connectivity index (χ3v) is 6.04. The van der Waals surface area contributed by atoms with E-state index in [1.165, 1.54) is 4.31 Å². The van der Waals surface area contributed by atoms with Gasteiger partial charge in [0.1, 0.15) is 0 Å². The first-order valence-corrected chi connectivity index (χ1v) is 9.23. The van der Waals surface area contributed by atoms with Crippen molar-refractivity contribution in [3.8, 4) is 5.75 Å². The molecule has 1 amide bonds. The van der Waals surface area contributed by atoms with Gasteiger partial charge in [-0.1, -0.05) is 0 Å². The van der Waals surface area contributed by atoms with E-state index in [-0.39, 0.29) is 25.3 Å². The summed E-state index contributed by atoms with van der Waals surface area (Å²) in [6, 6.07) is 1.17. The number of carboxylic acids is 1. The molecule has 2 heterocycles. The summed E-state index contributed by atoms with van der Waals surface area (Å²) in [5, 5.41) is 8.93. The summed E-state index contributed by atoms with van der Waals surface area (Å²) in [5.74, 6) is -4.53. The van der Waals surface area contributed by atoms with Crippen molar-refractivity contribution < 1.29 is 37.0 Å². The Balaban J connectivity index is 1.88. The van der Waals surface area contributed by atoms with E-state index in [9.17, 15) is 22.4 Å². The van der Waals surface area contributed by atoms with Crippen molar-refractivity contribution in [1.82, 2.24) is 9.03 Å². The zero-order valence-electron chi connectivity index (χ0n) is 13.8. The summed E-state index contributed by atoms with van der Waals surface area (Å²) < 4.78 is 52.6. The molecule has 2 fully saturated rings. The third-order valence-electron chi connectivity index (χ3n) is 4.45. The van der Waals surface area contributed by atoms with Gasteiger partial charge in [-0.25, -0.2) is 13.9 Å². The molecule has 1 aromatic carbocycles. The van der Waals surface area contributed by atoms with Crippen molar-refractivity contribution in [3.63, 3.8) is 0 Å². The normalized spacial score (nSPS) is 22.8. The molecule has 2 bridgehead atoms. The van der Waals surface area contributed by atoms with Gasteiger partial charge in [-0.3, -0.25) is 4.79 Å². The third kappa shape index (κ3) is 3.13. The van der Waals surface area contributed by atoms with Crippen LogP contribution in [0.2, 0.25) is 0 Å². The van der Waals surface area contributed by atoms with Crippen LogP contribution in [-0.4, -0.2) is 62.1 Å². The topological polar surface area (TPSA) is 122 Å². The number of nitrogens with zero attached hydrogens (tertiary/aromatic N) is 1. The fraction of sp³-hybridized carbons (Fsp3) is 0.467. The van der Waals surface area contributed by atoms with Crippen molar-refractivity contribution in [2.75, 3.05) is 20.3 Å². The van der Waals surface area contributed by atoms with Crippen LogP contribution in [0, 0.1) is 5.82 Å². The largest absolute Gasteiger partial charge is 0.493 e. The highest BCUT2D eigenvalue weighted by Crippen LogP contribution is 2.31. The second-order valence-corrected chi connectivity index (χ2v) is 7.58. The fourth-order valence-electron chi connectivity index (χ4n) is 3.31. The predicted molar refractivity (Wildman–Crippen MR) is 85.8 cm³/mol. The number of hydrogen-bond acceptors (Lipinski definition) is 6. The maximum atomic E-state index is 14.2. The lowest BCUT2D eigenvalue weighted by Crippen LogP contribution is -2.54. The molecule has 0 aliphatic carbocycles. The SMILES string of the molecule is COc1c(C(=O)NS(=O)(=O)N2C3CCC2COC3)ccc(C(=O)O)c1F. The van der Waals surface area contributed by atoms with Crippen LogP contribution in [0.1, 0.15) is 33.6 Å². The van der Waals surface area contributed by atoms with Crippen molar-refractivity contribution in [3.05, 3.63) is 29.1 Å². The van der Waals surface area contributed by atoms with Gasteiger partial charge in [-0.15, -0.1) is 0 Å². The average molecular weight is 388 g/mol. The van der Waals surface area contributed by atoms with E-state index in [0.29, 0.717) is 12.8 Å². The maximum Gasteiger partial charge on any atom is 0.338 e. The molecule has 0 aromatic heterocycles. The van der Waals surface area contributed by atoms with Crippen LogP contribution in [-0.2, 0) is 14.9 Å². The zero-order valence-corrected chi connectivity index (χ0v) is 14.6. The first-order chi connectivity index (χ1) is 12.3. The number of amides is 1. The molecule has 9 nitrogen and oxygen atoms in total. The number of halogens is 1. The molecule has 11 heteroatoms. The van der Waals surface area contributed by atoms with Crippen molar-refractivity contribution in [2.45, 2.75) is 24.9 Å². The number of hydrogen-bond donors (Lipinski definition) is 2. The Bertz CT molecular complexity index is 842. The van der Waals surface area contributed by atoms with E-state index in [1.807, 2.05) is 4.72 Å². The van der Waals surface area contributed by atoms with Crippen molar-refractivity contribution in [1.29, 1.82) is 0 Å². The van der Waals surface area contributed by atoms with E-state index in [4.69, 9.17) is 14.6 Å². The van der Waals surface area contributed by atoms with Crippen molar-refractivity contribution >= 4 is 22.1 Å². The zero-order chi connectivity index (χ0) is 19.1. The first-order valence-electron chi connectivity index (χ1n) is 7.79. The highest BCUT2D eigenvalue weighted by Gasteiger charge is 2.45. The second-order valence-electron chi connectivity index (χ2n) is 6.00. The number of carboxylic acid groups (broad SMARTS) is 1. The molecule has 142 valence electrons. The number of aromatic carboxylic acids is 1. The lowest BCUT2D eigenvalue weighted by atomic mass is 10.1. The van der Waals surface area contributed by atoms with Crippen LogP contribution in [0.3, 0.4) is 0 Å². The highest BCUT2D eigenvalue weighted by atomic mass is 32.2. The van der Waals surface area contributed by atoms with E-state index in [1.54, 1.807) is 0 Å². The Morgan fingerprint density at radius 2 is 1.85 bits per heavy atom. The molecule has 3 rings (SSSR count). The maximum absolute atomic E-state index is 14.2. The summed E-state index contributed by atoms with van der Waals surface area (Å²) in [5.41, 5.74) is -1.10. The number of carbonyl (C=O) groups excluding carboxylic acids is 1. The smallest absolute Gasteiger partial charge is 0.338 e. The molecule has 2 aliphatic rings. The van der Waals surface area contributed by atoms with Gasteiger partial charge < -0.3 is 14.6 Å². The molecule has 2 atom stereocenters. The lowest BCUT2D eigenvalue weighted by molar-refractivity contribution is 0.0263. The molecule has 0 saturated carbocycles. The van der Waals surface area contributed by atoms with Gasteiger partial charge in [0.15, 0.2) is 11.6 Å². The lowest BCUT2D eigenvalue weighted by Gasteiger charge is -2.33. The Morgan fingerprint density at radius 3 is 2.38 bits per heavy atom. The minimum Gasteiger partial charge on any atom is -0.493 e. The number of ether oxygens (including phenoxy) is 2. The molecule has 0 radical (unpaired) electrons. The number of fused-ring (bicyclic) bond motifs is 2. The molecule has 2 unspecified atom stereocenters. The standard InChI is InChI=1S/C15H17FN2O7S/c1-24-13-11(5-4-10(12(13)16)15(20)21)14(19)17-26(22,23)18-8-2-3-9(18)7-25-6-8/h4-5,8-9H,2-3,6-7H2,1H3,(H,17,19)(H,20,21). The Morgan fingerprint density at radius 1 is 1.27 bits per heavy atom. The highest BCUT2D eigenvalue weighted by molar-refractivity contribution is 7.87.